The third-order valence-corrected chi connectivity index (χ3v) is 4.25. The van der Waals surface area contributed by atoms with E-state index >= 15 is 0 Å². The Morgan fingerprint density at radius 1 is 1.33 bits per heavy atom. The average Bonchev–Trinajstić information content (AvgIpc) is 2.41. The molecule has 1 saturated carbocycles. The Hall–Kier alpha value is -1.71. The molecule has 4 heteroatoms. The topological polar surface area (TPSA) is 64.3 Å². The van der Waals surface area contributed by atoms with E-state index in [4.69, 9.17) is 10.5 Å². The van der Waals surface area contributed by atoms with Crippen molar-refractivity contribution in [2.75, 3.05) is 12.3 Å². The number of rotatable bonds is 4. The third kappa shape index (κ3) is 4.13. The number of amides is 1. The molecule has 0 aromatic heterocycles. The molecule has 1 amide bonds. The SMILES string of the molecule is CCOc1cc(N)cc(C(=O)NC2CCC(C)CC2C)c1. The molecule has 3 atom stereocenters. The van der Waals surface area contributed by atoms with Crippen molar-refractivity contribution in [2.45, 2.75) is 46.1 Å². The Balaban J connectivity index is 2.06. The summed E-state index contributed by atoms with van der Waals surface area (Å²) in [5.74, 6) is 1.86. The Labute approximate surface area is 127 Å². The first-order chi connectivity index (χ1) is 9.99. The third-order valence-electron chi connectivity index (χ3n) is 4.25. The van der Waals surface area contributed by atoms with Gasteiger partial charge in [-0.05, 0) is 50.2 Å². The highest BCUT2D eigenvalue weighted by molar-refractivity contribution is 5.95. The van der Waals surface area contributed by atoms with Crippen LogP contribution in [0.1, 0.15) is 50.4 Å². The van der Waals surface area contributed by atoms with E-state index in [0.717, 1.165) is 12.3 Å². The molecule has 1 aliphatic rings. The van der Waals surface area contributed by atoms with Crippen LogP contribution in [0.15, 0.2) is 18.2 Å². The van der Waals surface area contributed by atoms with E-state index in [9.17, 15) is 4.79 Å². The van der Waals surface area contributed by atoms with Gasteiger partial charge in [-0.1, -0.05) is 13.8 Å². The van der Waals surface area contributed by atoms with Gasteiger partial charge in [-0.15, -0.1) is 0 Å². The number of carbonyl (C=O) groups is 1. The predicted molar refractivity (Wildman–Crippen MR) is 85.5 cm³/mol. The van der Waals surface area contributed by atoms with Gasteiger partial charge in [0.05, 0.1) is 6.61 Å². The fourth-order valence-electron chi connectivity index (χ4n) is 3.13. The van der Waals surface area contributed by atoms with Crippen molar-refractivity contribution in [2.24, 2.45) is 11.8 Å². The molecule has 1 aromatic carbocycles. The number of hydrogen-bond donors (Lipinski definition) is 2. The summed E-state index contributed by atoms with van der Waals surface area (Å²) in [7, 11) is 0. The van der Waals surface area contributed by atoms with Crippen LogP contribution in [0.4, 0.5) is 5.69 Å². The minimum absolute atomic E-state index is 0.0605. The molecule has 1 aromatic rings. The molecule has 3 unspecified atom stereocenters. The molecule has 116 valence electrons. The fraction of sp³-hybridized carbons (Fsp3) is 0.588. The Bertz CT molecular complexity index is 502. The average molecular weight is 290 g/mol. The van der Waals surface area contributed by atoms with Crippen molar-refractivity contribution in [3.05, 3.63) is 23.8 Å². The zero-order valence-electron chi connectivity index (χ0n) is 13.2. The van der Waals surface area contributed by atoms with Crippen LogP contribution in [0, 0.1) is 11.8 Å². The molecule has 1 aliphatic carbocycles. The second-order valence-corrected chi connectivity index (χ2v) is 6.20. The van der Waals surface area contributed by atoms with E-state index in [1.54, 1.807) is 18.2 Å². The van der Waals surface area contributed by atoms with Gasteiger partial charge in [0.1, 0.15) is 5.75 Å². The first-order valence-corrected chi connectivity index (χ1v) is 7.83. The second kappa shape index (κ2) is 6.83. The molecule has 3 N–H and O–H groups in total. The summed E-state index contributed by atoms with van der Waals surface area (Å²) >= 11 is 0. The Kier molecular flexibility index (Phi) is 5.10. The number of nitrogens with two attached hydrogens (primary N) is 1. The van der Waals surface area contributed by atoms with E-state index in [0.29, 0.717) is 29.5 Å². The molecule has 0 aliphatic heterocycles. The maximum Gasteiger partial charge on any atom is 0.251 e. The van der Waals surface area contributed by atoms with E-state index < -0.39 is 0 Å². The number of ether oxygens (including phenoxy) is 1. The molecule has 0 spiro atoms. The molecular weight excluding hydrogens is 264 g/mol. The van der Waals surface area contributed by atoms with Crippen LogP contribution in [0.3, 0.4) is 0 Å². The maximum atomic E-state index is 12.4. The quantitative estimate of drug-likeness (QED) is 0.837. The highest BCUT2D eigenvalue weighted by atomic mass is 16.5. The lowest BCUT2D eigenvalue weighted by molar-refractivity contribution is 0.0899. The van der Waals surface area contributed by atoms with Gasteiger partial charge in [0.15, 0.2) is 0 Å². The minimum Gasteiger partial charge on any atom is -0.494 e. The number of nitrogen functional groups attached to an aromatic ring is 1. The van der Waals surface area contributed by atoms with Crippen molar-refractivity contribution in [3.8, 4) is 5.75 Å². The van der Waals surface area contributed by atoms with Crippen LogP contribution < -0.4 is 15.8 Å². The summed E-state index contributed by atoms with van der Waals surface area (Å²) in [5.41, 5.74) is 6.97. The van der Waals surface area contributed by atoms with Gasteiger partial charge < -0.3 is 15.8 Å². The zero-order chi connectivity index (χ0) is 15.4. The standard InChI is InChI=1S/C17H26N2O2/c1-4-21-15-9-13(8-14(18)10-15)17(20)19-16-6-5-11(2)7-12(16)3/h8-12,16H,4-7,18H2,1-3H3,(H,19,20). The fourth-order valence-corrected chi connectivity index (χ4v) is 3.13. The summed E-state index contributed by atoms with van der Waals surface area (Å²) in [6, 6.07) is 5.45. The number of hydrogen-bond acceptors (Lipinski definition) is 3. The van der Waals surface area contributed by atoms with Gasteiger partial charge in [-0.2, -0.15) is 0 Å². The Morgan fingerprint density at radius 3 is 2.76 bits per heavy atom. The van der Waals surface area contributed by atoms with E-state index in [2.05, 4.69) is 19.2 Å². The monoisotopic (exact) mass is 290 g/mol. The first kappa shape index (κ1) is 15.7. The summed E-state index contributed by atoms with van der Waals surface area (Å²) in [4.78, 5) is 12.4. The summed E-state index contributed by atoms with van der Waals surface area (Å²) < 4.78 is 5.44. The van der Waals surface area contributed by atoms with Gasteiger partial charge in [0, 0.05) is 23.4 Å². The normalized spacial score (nSPS) is 25.4. The largest absolute Gasteiger partial charge is 0.494 e. The zero-order valence-corrected chi connectivity index (χ0v) is 13.2. The van der Waals surface area contributed by atoms with Gasteiger partial charge in [0.25, 0.3) is 5.91 Å². The van der Waals surface area contributed by atoms with Crippen LogP contribution in [-0.4, -0.2) is 18.6 Å². The predicted octanol–water partition coefficient (Wildman–Crippen LogP) is 3.22. The summed E-state index contributed by atoms with van der Waals surface area (Å²) in [5, 5.41) is 3.15. The van der Waals surface area contributed by atoms with Crippen molar-refractivity contribution in [1.29, 1.82) is 0 Å². The van der Waals surface area contributed by atoms with Crippen LogP contribution in [-0.2, 0) is 0 Å². The van der Waals surface area contributed by atoms with Crippen molar-refractivity contribution < 1.29 is 9.53 Å². The van der Waals surface area contributed by atoms with Gasteiger partial charge in [-0.25, -0.2) is 0 Å². The van der Waals surface area contributed by atoms with E-state index in [1.165, 1.54) is 12.8 Å². The molecule has 4 nitrogen and oxygen atoms in total. The molecular formula is C17H26N2O2. The van der Waals surface area contributed by atoms with Crippen molar-refractivity contribution >= 4 is 11.6 Å². The molecule has 0 heterocycles. The molecule has 1 fully saturated rings. The molecule has 0 saturated heterocycles. The van der Waals surface area contributed by atoms with Crippen molar-refractivity contribution in [1.82, 2.24) is 5.32 Å². The van der Waals surface area contributed by atoms with Gasteiger partial charge in [-0.3, -0.25) is 4.79 Å². The molecule has 0 bridgehead atoms. The number of benzene rings is 1. The molecule has 21 heavy (non-hydrogen) atoms. The minimum atomic E-state index is -0.0605. The van der Waals surface area contributed by atoms with Gasteiger partial charge >= 0.3 is 0 Å². The smallest absolute Gasteiger partial charge is 0.251 e. The number of anilines is 1. The first-order valence-electron chi connectivity index (χ1n) is 7.83. The van der Waals surface area contributed by atoms with E-state index in [1.807, 2.05) is 6.92 Å². The highest BCUT2D eigenvalue weighted by Crippen LogP contribution is 2.29. The van der Waals surface area contributed by atoms with Crippen LogP contribution in [0.25, 0.3) is 0 Å². The maximum absolute atomic E-state index is 12.4. The van der Waals surface area contributed by atoms with Crippen LogP contribution in [0.2, 0.25) is 0 Å². The van der Waals surface area contributed by atoms with Gasteiger partial charge in [0.2, 0.25) is 0 Å². The molecule has 0 radical (unpaired) electrons. The van der Waals surface area contributed by atoms with E-state index in [-0.39, 0.29) is 11.9 Å². The lowest BCUT2D eigenvalue weighted by atomic mass is 9.80. The summed E-state index contributed by atoms with van der Waals surface area (Å²) in [6.07, 6.45) is 3.40. The second-order valence-electron chi connectivity index (χ2n) is 6.20. The Morgan fingerprint density at radius 2 is 2.10 bits per heavy atom. The van der Waals surface area contributed by atoms with Crippen LogP contribution in [0.5, 0.6) is 5.75 Å². The van der Waals surface area contributed by atoms with Crippen LogP contribution >= 0.6 is 0 Å². The number of nitrogens with one attached hydrogen (secondary N) is 1. The van der Waals surface area contributed by atoms with Crippen molar-refractivity contribution in [3.63, 3.8) is 0 Å². The number of carbonyl (C=O) groups excluding carboxylic acids is 1. The summed E-state index contributed by atoms with van der Waals surface area (Å²) in [6.45, 7) is 6.96. The lowest BCUT2D eigenvalue weighted by Crippen LogP contribution is -2.42. The highest BCUT2D eigenvalue weighted by Gasteiger charge is 2.26. The lowest BCUT2D eigenvalue weighted by Gasteiger charge is -2.33. The molecule has 2 rings (SSSR count).